The minimum atomic E-state index is 0.111. The van der Waals surface area contributed by atoms with Crippen molar-refractivity contribution in [1.82, 2.24) is 15.3 Å². The van der Waals surface area contributed by atoms with E-state index in [1.54, 1.807) is 6.20 Å². The van der Waals surface area contributed by atoms with Gasteiger partial charge in [0.15, 0.2) is 0 Å². The summed E-state index contributed by atoms with van der Waals surface area (Å²) in [7, 11) is 0. The van der Waals surface area contributed by atoms with Crippen molar-refractivity contribution in [2.45, 2.75) is 52.4 Å². The first-order valence-corrected chi connectivity index (χ1v) is 10.5. The van der Waals surface area contributed by atoms with E-state index in [-0.39, 0.29) is 16.7 Å². The van der Waals surface area contributed by atoms with Gasteiger partial charge in [-0.05, 0) is 72.7 Å². The van der Waals surface area contributed by atoms with Crippen LogP contribution >= 0.6 is 0 Å². The number of rotatable bonds is 1. The molecule has 4 heteroatoms. The van der Waals surface area contributed by atoms with Gasteiger partial charge in [0.25, 0.3) is 0 Å². The average Bonchev–Trinajstić information content (AvgIpc) is 2.93. The fraction of sp³-hybridized carbons (Fsp3) is 0.609. The summed E-state index contributed by atoms with van der Waals surface area (Å²) in [5, 5.41) is 3.06. The van der Waals surface area contributed by atoms with Gasteiger partial charge in [0.1, 0.15) is 0 Å². The van der Waals surface area contributed by atoms with Crippen molar-refractivity contribution in [3.8, 4) is 0 Å². The van der Waals surface area contributed by atoms with Crippen LogP contribution in [0.25, 0.3) is 5.57 Å². The fourth-order valence-electron chi connectivity index (χ4n) is 6.97. The summed E-state index contributed by atoms with van der Waals surface area (Å²) in [5.41, 5.74) is 4.28. The minimum Gasteiger partial charge on any atom is -0.353 e. The third-order valence-corrected chi connectivity index (χ3v) is 8.40. The lowest BCUT2D eigenvalue weighted by molar-refractivity contribution is -0.116. The largest absolute Gasteiger partial charge is 0.353 e. The standard InChI is InChI=1S/C23H29N3O/c1-22-9-10-26-21(27)13-15(22)3-4-16-17-5-6-19(20-14-24-11-12-25-20)23(17,2)8-7-18(16)22/h6,11-14,16-18H,3-5,7-10H2,1-2H3,(H,26,27)/t16-,17-,18?,22-,23-/m0/s1. The minimum absolute atomic E-state index is 0.111. The molecule has 1 aromatic rings. The molecule has 0 saturated heterocycles. The zero-order chi connectivity index (χ0) is 18.6. The van der Waals surface area contributed by atoms with Crippen molar-refractivity contribution in [3.63, 3.8) is 0 Å². The van der Waals surface area contributed by atoms with E-state index in [0.29, 0.717) is 11.8 Å². The Morgan fingerprint density at radius 1 is 1.11 bits per heavy atom. The highest BCUT2D eigenvalue weighted by Gasteiger charge is 2.57. The molecule has 1 aliphatic heterocycles. The Hall–Kier alpha value is -1.97. The second-order valence-electron chi connectivity index (χ2n) is 9.44. The zero-order valence-corrected chi connectivity index (χ0v) is 16.4. The van der Waals surface area contributed by atoms with E-state index < -0.39 is 0 Å². The molecule has 1 unspecified atom stereocenters. The molecule has 0 radical (unpaired) electrons. The second kappa shape index (κ2) is 6.02. The van der Waals surface area contributed by atoms with Crippen LogP contribution in [-0.4, -0.2) is 22.4 Å². The van der Waals surface area contributed by atoms with Crippen LogP contribution in [0, 0.1) is 28.6 Å². The highest BCUT2D eigenvalue weighted by atomic mass is 16.1. The maximum atomic E-state index is 12.1. The molecule has 27 heavy (non-hydrogen) atoms. The molecule has 0 spiro atoms. The lowest BCUT2D eigenvalue weighted by Crippen LogP contribution is -2.49. The van der Waals surface area contributed by atoms with Crippen LogP contribution in [0.4, 0.5) is 0 Å². The van der Waals surface area contributed by atoms with Gasteiger partial charge in [0.05, 0.1) is 11.9 Å². The van der Waals surface area contributed by atoms with Crippen molar-refractivity contribution in [1.29, 1.82) is 0 Å². The van der Waals surface area contributed by atoms with Crippen molar-refractivity contribution in [2.24, 2.45) is 28.6 Å². The normalized spacial score (nSPS) is 40.7. The molecule has 2 heterocycles. The van der Waals surface area contributed by atoms with Crippen molar-refractivity contribution < 1.29 is 4.79 Å². The fourth-order valence-corrected chi connectivity index (χ4v) is 6.97. The van der Waals surface area contributed by atoms with Gasteiger partial charge in [0.2, 0.25) is 5.91 Å². The third-order valence-electron chi connectivity index (χ3n) is 8.40. The summed E-state index contributed by atoms with van der Waals surface area (Å²) in [4.78, 5) is 21.0. The lowest BCUT2D eigenvalue weighted by Gasteiger charge is -2.57. The monoisotopic (exact) mass is 363 g/mol. The number of aromatic nitrogens is 2. The van der Waals surface area contributed by atoms with Crippen LogP contribution in [0.2, 0.25) is 0 Å². The summed E-state index contributed by atoms with van der Waals surface area (Å²) in [6.07, 6.45) is 16.9. The van der Waals surface area contributed by atoms with Gasteiger partial charge in [-0.2, -0.15) is 0 Å². The van der Waals surface area contributed by atoms with Gasteiger partial charge in [-0.15, -0.1) is 0 Å². The van der Waals surface area contributed by atoms with Gasteiger partial charge in [-0.25, -0.2) is 0 Å². The summed E-state index contributed by atoms with van der Waals surface area (Å²) < 4.78 is 0. The molecule has 2 saturated carbocycles. The number of hydrogen-bond donors (Lipinski definition) is 1. The number of nitrogens with zero attached hydrogens (tertiary/aromatic N) is 2. The Morgan fingerprint density at radius 3 is 2.81 bits per heavy atom. The third kappa shape index (κ3) is 2.45. The van der Waals surface area contributed by atoms with Crippen LogP contribution in [0.1, 0.15) is 58.1 Å². The van der Waals surface area contributed by atoms with E-state index in [4.69, 9.17) is 0 Å². The first-order chi connectivity index (χ1) is 13.0. The van der Waals surface area contributed by atoms with E-state index in [1.807, 2.05) is 18.5 Å². The topological polar surface area (TPSA) is 54.9 Å². The Morgan fingerprint density at radius 2 is 2.00 bits per heavy atom. The molecule has 0 aromatic carbocycles. The summed E-state index contributed by atoms with van der Waals surface area (Å²) >= 11 is 0. The Kier molecular flexibility index (Phi) is 3.82. The smallest absolute Gasteiger partial charge is 0.243 e. The maximum absolute atomic E-state index is 12.1. The zero-order valence-electron chi connectivity index (χ0n) is 16.4. The highest BCUT2D eigenvalue weighted by molar-refractivity contribution is 5.88. The molecule has 1 aromatic heterocycles. The molecule has 3 aliphatic carbocycles. The molecule has 5 atom stereocenters. The van der Waals surface area contributed by atoms with Crippen LogP contribution in [0.5, 0.6) is 0 Å². The lowest BCUT2D eigenvalue weighted by atomic mass is 9.47. The quantitative estimate of drug-likeness (QED) is 0.815. The van der Waals surface area contributed by atoms with Gasteiger partial charge in [-0.3, -0.25) is 14.8 Å². The Balaban J connectivity index is 1.48. The van der Waals surface area contributed by atoms with E-state index in [1.165, 1.54) is 30.4 Å². The van der Waals surface area contributed by atoms with E-state index in [9.17, 15) is 4.79 Å². The van der Waals surface area contributed by atoms with Gasteiger partial charge in [0, 0.05) is 25.0 Å². The second-order valence-corrected chi connectivity index (χ2v) is 9.44. The van der Waals surface area contributed by atoms with Gasteiger partial charge >= 0.3 is 0 Å². The molecule has 1 amide bonds. The van der Waals surface area contributed by atoms with E-state index in [2.05, 4.69) is 35.2 Å². The molecular weight excluding hydrogens is 334 g/mol. The molecular formula is C23H29N3O. The number of allylic oxidation sites excluding steroid dienone is 3. The van der Waals surface area contributed by atoms with Crippen molar-refractivity contribution in [3.05, 3.63) is 42.0 Å². The first-order valence-electron chi connectivity index (χ1n) is 10.5. The van der Waals surface area contributed by atoms with Gasteiger partial charge in [-0.1, -0.05) is 25.5 Å². The predicted octanol–water partition coefficient (Wildman–Crippen LogP) is 4.16. The molecule has 5 rings (SSSR count). The van der Waals surface area contributed by atoms with Gasteiger partial charge < -0.3 is 5.32 Å². The summed E-state index contributed by atoms with van der Waals surface area (Å²) in [5.74, 6) is 2.24. The molecule has 0 bridgehead atoms. The Bertz CT molecular complexity index is 829. The van der Waals surface area contributed by atoms with Crippen molar-refractivity contribution >= 4 is 11.5 Å². The number of amides is 1. The number of fused-ring (bicyclic) bond motifs is 5. The van der Waals surface area contributed by atoms with E-state index >= 15 is 0 Å². The van der Waals surface area contributed by atoms with Crippen LogP contribution in [-0.2, 0) is 4.79 Å². The maximum Gasteiger partial charge on any atom is 0.243 e. The van der Waals surface area contributed by atoms with E-state index in [0.717, 1.165) is 37.4 Å². The number of hydrogen-bond acceptors (Lipinski definition) is 3. The average molecular weight is 364 g/mol. The highest BCUT2D eigenvalue weighted by Crippen LogP contribution is 2.65. The number of carbonyl (C=O) groups excluding carboxylic acids is 1. The number of nitrogens with one attached hydrogen (secondary N) is 1. The Labute approximate surface area is 161 Å². The molecule has 4 nitrogen and oxygen atoms in total. The van der Waals surface area contributed by atoms with Crippen LogP contribution in [0.15, 0.2) is 36.3 Å². The van der Waals surface area contributed by atoms with Crippen LogP contribution in [0.3, 0.4) is 0 Å². The van der Waals surface area contributed by atoms with Crippen molar-refractivity contribution in [2.75, 3.05) is 6.54 Å². The SMILES string of the molecule is C[C@]12CCNC(=O)C=C1CC[C@@H]1C2CC[C@]2(C)C(c3cnccn3)=CC[C@@H]12. The molecule has 1 N–H and O–H groups in total. The first kappa shape index (κ1) is 17.2. The van der Waals surface area contributed by atoms with Crippen LogP contribution < -0.4 is 5.32 Å². The summed E-state index contributed by atoms with van der Waals surface area (Å²) in [6, 6.07) is 0. The molecule has 4 aliphatic rings. The summed E-state index contributed by atoms with van der Waals surface area (Å²) in [6.45, 7) is 5.71. The predicted molar refractivity (Wildman–Crippen MR) is 105 cm³/mol. The molecule has 2 fully saturated rings. The number of carbonyl (C=O) groups is 1. The molecule has 142 valence electrons.